The molecule has 0 spiro atoms. The second kappa shape index (κ2) is 7.92. The molecule has 3 rings (SSSR count). The third-order valence-electron chi connectivity index (χ3n) is 3.86. The first-order valence-corrected chi connectivity index (χ1v) is 8.89. The lowest BCUT2D eigenvalue weighted by atomic mass is 10.1. The van der Waals surface area contributed by atoms with Crippen molar-refractivity contribution in [2.75, 3.05) is 11.5 Å². The molecule has 0 radical (unpaired) electrons. The number of phenolic OH excluding ortho intramolecular Hbond substituents is 1. The first kappa shape index (κ1) is 19.7. The standard InChI is InChI=1S/C19H14Cl2N2O5/c1-2-28-12-5-3-11(4-6-12)23-18(26)13(17(25)22-19(23)27)7-10-8-14(20)16(24)15(21)9-10/h3-9,24H,2H2,1H3,(H,22,25,27)/b13-7+. The number of aromatic hydroxyl groups is 1. The number of imide groups is 2. The van der Waals surface area contributed by atoms with E-state index < -0.39 is 17.8 Å². The highest BCUT2D eigenvalue weighted by Crippen LogP contribution is 2.34. The molecular formula is C19H14Cl2N2O5. The van der Waals surface area contributed by atoms with Crippen LogP contribution in [0.1, 0.15) is 12.5 Å². The van der Waals surface area contributed by atoms with E-state index in [9.17, 15) is 19.5 Å². The van der Waals surface area contributed by atoms with Crippen LogP contribution in [0.3, 0.4) is 0 Å². The first-order valence-electron chi connectivity index (χ1n) is 8.14. The van der Waals surface area contributed by atoms with E-state index in [0.717, 1.165) is 4.90 Å². The molecule has 1 heterocycles. The van der Waals surface area contributed by atoms with E-state index in [2.05, 4.69) is 5.32 Å². The van der Waals surface area contributed by atoms with Crippen molar-refractivity contribution in [2.24, 2.45) is 0 Å². The Hall–Kier alpha value is -3.03. The monoisotopic (exact) mass is 420 g/mol. The minimum absolute atomic E-state index is 0.0394. The molecule has 28 heavy (non-hydrogen) atoms. The van der Waals surface area contributed by atoms with Crippen LogP contribution in [-0.2, 0) is 9.59 Å². The summed E-state index contributed by atoms with van der Waals surface area (Å²) in [4.78, 5) is 38.1. The molecule has 0 saturated carbocycles. The molecule has 1 saturated heterocycles. The Labute approximate surface area is 170 Å². The van der Waals surface area contributed by atoms with Crippen molar-refractivity contribution in [3.63, 3.8) is 0 Å². The van der Waals surface area contributed by atoms with Gasteiger partial charge in [0.2, 0.25) is 0 Å². The number of rotatable bonds is 4. The summed E-state index contributed by atoms with van der Waals surface area (Å²) < 4.78 is 5.34. The molecule has 1 fully saturated rings. The number of barbiturate groups is 1. The fourth-order valence-electron chi connectivity index (χ4n) is 2.59. The molecule has 7 nitrogen and oxygen atoms in total. The molecule has 4 amide bonds. The van der Waals surface area contributed by atoms with Gasteiger partial charge >= 0.3 is 6.03 Å². The number of ether oxygens (including phenoxy) is 1. The van der Waals surface area contributed by atoms with Gasteiger partial charge in [-0.25, -0.2) is 9.69 Å². The molecular weight excluding hydrogens is 407 g/mol. The Bertz CT molecular complexity index is 979. The van der Waals surface area contributed by atoms with Gasteiger partial charge in [0, 0.05) is 0 Å². The van der Waals surface area contributed by atoms with Crippen LogP contribution in [0.2, 0.25) is 10.0 Å². The quantitative estimate of drug-likeness (QED) is 0.579. The van der Waals surface area contributed by atoms with Crippen molar-refractivity contribution in [3.05, 3.63) is 57.6 Å². The number of amides is 4. The van der Waals surface area contributed by atoms with Crippen LogP contribution in [0, 0.1) is 0 Å². The highest BCUT2D eigenvalue weighted by atomic mass is 35.5. The number of urea groups is 1. The summed E-state index contributed by atoms with van der Waals surface area (Å²) >= 11 is 11.7. The van der Waals surface area contributed by atoms with Gasteiger partial charge in [-0.05, 0) is 55.0 Å². The zero-order valence-electron chi connectivity index (χ0n) is 14.5. The van der Waals surface area contributed by atoms with E-state index in [0.29, 0.717) is 17.9 Å². The minimum Gasteiger partial charge on any atom is -0.505 e. The minimum atomic E-state index is -0.863. The number of hydrogen-bond acceptors (Lipinski definition) is 5. The summed E-state index contributed by atoms with van der Waals surface area (Å²) in [6, 6.07) is 8.10. The number of carbonyl (C=O) groups is 3. The number of carbonyl (C=O) groups excluding carboxylic acids is 3. The van der Waals surface area contributed by atoms with E-state index >= 15 is 0 Å². The summed E-state index contributed by atoms with van der Waals surface area (Å²) in [6.45, 7) is 2.31. The highest BCUT2D eigenvalue weighted by molar-refractivity contribution is 6.40. The number of benzene rings is 2. The highest BCUT2D eigenvalue weighted by Gasteiger charge is 2.36. The van der Waals surface area contributed by atoms with Crippen LogP contribution < -0.4 is 15.0 Å². The smallest absolute Gasteiger partial charge is 0.335 e. The number of phenols is 1. The van der Waals surface area contributed by atoms with E-state index in [1.165, 1.54) is 30.3 Å². The Balaban J connectivity index is 1.98. The van der Waals surface area contributed by atoms with E-state index in [1.807, 2.05) is 6.92 Å². The summed E-state index contributed by atoms with van der Waals surface area (Å²) in [5, 5.41) is 11.7. The third kappa shape index (κ3) is 3.81. The summed E-state index contributed by atoms with van der Waals surface area (Å²) in [5.74, 6) is -1.39. The third-order valence-corrected chi connectivity index (χ3v) is 4.43. The van der Waals surface area contributed by atoms with Gasteiger partial charge in [0.05, 0.1) is 22.3 Å². The van der Waals surface area contributed by atoms with Crippen LogP contribution in [0.15, 0.2) is 42.0 Å². The molecule has 0 unspecified atom stereocenters. The predicted octanol–water partition coefficient (Wildman–Crippen LogP) is 3.76. The molecule has 2 N–H and O–H groups in total. The fraction of sp³-hybridized carbons (Fsp3) is 0.105. The molecule has 144 valence electrons. The first-order chi connectivity index (χ1) is 13.3. The number of nitrogens with zero attached hydrogens (tertiary/aromatic N) is 1. The van der Waals surface area contributed by atoms with Crippen LogP contribution in [0.25, 0.3) is 6.08 Å². The summed E-state index contributed by atoms with van der Waals surface area (Å²) in [5.41, 5.74) is 0.296. The van der Waals surface area contributed by atoms with Crippen molar-refractivity contribution in [1.82, 2.24) is 5.32 Å². The molecule has 9 heteroatoms. The van der Waals surface area contributed by atoms with Crippen LogP contribution >= 0.6 is 23.2 Å². The maximum Gasteiger partial charge on any atom is 0.335 e. The van der Waals surface area contributed by atoms with Crippen molar-refractivity contribution in [1.29, 1.82) is 0 Å². The number of hydrogen-bond donors (Lipinski definition) is 2. The number of anilines is 1. The molecule has 0 bridgehead atoms. The van der Waals surface area contributed by atoms with Gasteiger partial charge in [0.1, 0.15) is 11.3 Å². The van der Waals surface area contributed by atoms with Crippen LogP contribution in [0.5, 0.6) is 11.5 Å². The normalized spacial score (nSPS) is 15.8. The zero-order valence-corrected chi connectivity index (χ0v) is 16.0. The lowest BCUT2D eigenvalue weighted by Crippen LogP contribution is -2.54. The lowest BCUT2D eigenvalue weighted by Gasteiger charge is -2.26. The van der Waals surface area contributed by atoms with Crippen LogP contribution in [0.4, 0.5) is 10.5 Å². The Morgan fingerprint density at radius 3 is 2.29 bits per heavy atom. The average Bonchev–Trinajstić information content (AvgIpc) is 2.64. The van der Waals surface area contributed by atoms with Crippen molar-refractivity contribution in [2.45, 2.75) is 6.92 Å². The van der Waals surface area contributed by atoms with Crippen molar-refractivity contribution < 1.29 is 24.2 Å². The van der Waals surface area contributed by atoms with E-state index in [1.54, 1.807) is 12.1 Å². The molecule has 2 aromatic rings. The predicted molar refractivity (Wildman–Crippen MR) is 105 cm³/mol. The fourth-order valence-corrected chi connectivity index (χ4v) is 3.09. The maximum absolute atomic E-state index is 12.8. The van der Waals surface area contributed by atoms with Gasteiger partial charge in [0.15, 0.2) is 5.75 Å². The Morgan fingerprint density at radius 1 is 1.11 bits per heavy atom. The largest absolute Gasteiger partial charge is 0.505 e. The van der Waals surface area contributed by atoms with Gasteiger partial charge in [-0.2, -0.15) is 0 Å². The maximum atomic E-state index is 12.8. The number of halogens is 2. The molecule has 0 aliphatic carbocycles. The molecule has 0 aromatic heterocycles. The molecule has 2 aromatic carbocycles. The SMILES string of the molecule is CCOc1ccc(N2C(=O)NC(=O)/C(=C\c3cc(Cl)c(O)c(Cl)c3)C2=O)cc1. The van der Waals surface area contributed by atoms with Crippen LogP contribution in [-0.4, -0.2) is 29.6 Å². The van der Waals surface area contributed by atoms with E-state index in [-0.39, 0.29) is 27.1 Å². The van der Waals surface area contributed by atoms with Crippen molar-refractivity contribution in [3.8, 4) is 11.5 Å². The average molecular weight is 421 g/mol. The molecule has 1 aliphatic heterocycles. The Morgan fingerprint density at radius 2 is 1.71 bits per heavy atom. The summed E-state index contributed by atoms with van der Waals surface area (Å²) in [6.07, 6.45) is 1.24. The zero-order chi connectivity index (χ0) is 20.4. The van der Waals surface area contributed by atoms with Gasteiger partial charge in [-0.1, -0.05) is 23.2 Å². The molecule has 1 aliphatic rings. The topological polar surface area (TPSA) is 95.9 Å². The van der Waals surface area contributed by atoms with Crippen molar-refractivity contribution >= 4 is 52.8 Å². The number of nitrogens with one attached hydrogen (secondary N) is 1. The second-order valence-corrected chi connectivity index (χ2v) is 6.53. The summed E-state index contributed by atoms with van der Waals surface area (Å²) in [7, 11) is 0. The Kier molecular flexibility index (Phi) is 5.58. The van der Waals surface area contributed by atoms with E-state index in [4.69, 9.17) is 27.9 Å². The second-order valence-electron chi connectivity index (χ2n) is 5.72. The lowest BCUT2D eigenvalue weighted by molar-refractivity contribution is -0.122. The molecule has 0 atom stereocenters. The van der Waals surface area contributed by atoms with Gasteiger partial charge < -0.3 is 9.84 Å². The van der Waals surface area contributed by atoms with Gasteiger partial charge in [0.25, 0.3) is 11.8 Å². The van der Waals surface area contributed by atoms with Gasteiger partial charge in [-0.3, -0.25) is 14.9 Å². The van der Waals surface area contributed by atoms with Gasteiger partial charge in [-0.15, -0.1) is 0 Å².